The molecular formula is C19H23FN6O2S2. The first-order valence-corrected chi connectivity index (χ1v) is 12.2. The molecule has 3 aromatic rings. The van der Waals surface area contributed by atoms with Gasteiger partial charge in [0.05, 0.1) is 4.90 Å². The second-order valence-corrected chi connectivity index (χ2v) is 10.1. The van der Waals surface area contributed by atoms with Crippen molar-refractivity contribution in [2.75, 3.05) is 12.3 Å². The van der Waals surface area contributed by atoms with Crippen LogP contribution in [0.4, 0.5) is 4.39 Å². The van der Waals surface area contributed by atoms with Gasteiger partial charge in [-0.05, 0) is 30.9 Å². The van der Waals surface area contributed by atoms with Crippen LogP contribution >= 0.6 is 11.8 Å². The van der Waals surface area contributed by atoms with Crippen LogP contribution in [0.15, 0.2) is 34.3 Å². The van der Waals surface area contributed by atoms with Gasteiger partial charge in [0.25, 0.3) is 0 Å². The maximum atomic E-state index is 13.6. The number of hydrogen-bond acceptors (Lipinski definition) is 6. The molecule has 8 nitrogen and oxygen atoms in total. The van der Waals surface area contributed by atoms with E-state index in [-0.39, 0.29) is 11.4 Å². The maximum absolute atomic E-state index is 13.6. The number of thioether (sulfide) groups is 1. The Morgan fingerprint density at radius 3 is 2.73 bits per heavy atom. The Bertz CT molecular complexity index is 1190. The van der Waals surface area contributed by atoms with Gasteiger partial charge in [0.2, 0.25) is 10.0 Å². The molecule has 0 saturated heterocycles. The van der Waals surface area contributed by atoms with Crippen LogP contribution in [0.25, 0.3) is 11.5 Å². The highest BCUT2D eigenvalue weighted by molar-refractivity contribution is 7.99. The molecule has 0 radical (unpaired) electrons. The molecular weight excluding hydrogens is 427 g/mol. The lowest BCUT2D eigenvalue weighted by Gasteiger charge is -2.27. The minimum atomic E-state index is -3.83. The van der Waals surface area contributed by atoms with Crippen LogP contribution in [-0.2, 0) is 36.6 Å². The van der Waals surface area contributed by atoms with Gasteiger partial charge in [0, 0.05) is 44.4 Å². The van der Waals surface area contributed by atoms with Gasteiger partial charge in [-0.3, -0.25) is 4.68 Å². The summed E-state index contributed by atoms with van der Waals surface area (Å²) in [7, 11) is -1.97. The van der Waals surface area contributed by atoms with E-state index in [1.807, 2.05) is 18.5 Å². The number of sulfonamides is 1. The zero-order valence-corrected chi connectivity index (χ0v) is 18.7. The molecule has 30 heavy (non-hydrogen) atoms. The average molecular weight is 451 g/mol. The number of nitrogens with zero attached hydrogens (tertiary/aromatic N) is 6. The summed E-state index contributed by atoms with van der Waals surface area (Å²) >= 11 is 1.60. The van der Waals surface area contributed by atoms with E-state index in [2.05, 4.69) is 22.2 Å². The third kappa shape index (κ3) is 3.54. The molecule has 0 saturated carbocycles. The highest BCUT2D eigenvalue weighted by Crippen LogP contribution is 2.32. The molecule has 1 aromatic carbocycles. The van der Waals surface area contributed by atoms with E-state index in [9.17, 15) is 12.8 Å². The normalized spacial score (nSPS) is 14.8. The standard InChI is InChI=1S/C19H23FN6O2S2/c1-4-26-18(21-22-19(26)29-5-2)17-15-12-25(10-9-16(15)24(3)23-17)30(27,28)14-8-6-7-13(20)11-14/h6-8,11H,4-5,9-10,12H2,1-3H3. The number of halogens is 1. The number of hydrogen-bond donors (Lipinski definition) is 0. The Labute approximate surface area is 179 Å². The maximum Gasteiger partial charge on any atom is 0.243 e. The van der Waals surface area contributed by atoms with Crippen molar-refractivity contribution in [1.82, 2.24) is 28.9 Å². The first-order valence-electron chi connectivity index (χ1n) is 9.73. The number of rotatable bonds is 6. The molecule has 3 heterocycles. The predicted molar refractivity (Wildman–Crippen MR) is 112 cm³/mol. The lowest BCUT2D eigenvalue weighted by Crippen LogP contribution is -2.36. The van der Waals surface area contributed by atoms with Crippen molar-refractivity contribution in [3.05, 3.63) is 41.3 Å². The Balaban J connectivity index is 1.75. The van der Waals surface area contributed by atoms with Crippen molar-refractivity contribution < 1.29 is 12.8 Å². The topological polar surface area (TPSA) is 85.9 Å². The van der Waals surface area contributed by atoms with Crippen LogP contribution in [0.3, 0.4) is 0 Å². The monoisotopic (exact) mass is 450 g/mol. The van der Waals surface area contributed by atoms with E-state index in [1.54, 1.807) is 16.4 Å². The van der Waals surface area contributed by atoms with Gasteiger partial charge in [0.15, 0.2) is 11.0 Å². The van der Waals surface area contributed by atoms with Crippen LogP contribution in [0.1, 0.15) is 25.1 Å². The molecule has 4 rings (SSSR count). The van der Waals surface area contributed by atoms with E-state index in [1.165, 1.54) is 22.5 Å². The van der Waals surface area contributed by atoms with Gasteiger partial charge in [0.1, 0.15) is 11.5 Å². The molecule has 2 aromatic heterocycles. The molecule has 11 heteroatoms. The fourth-order valence-electron chi connectivity index (χ4n) is 3.71. The second kappa shape index (κ2) is 8.12. The molecule has 160 valence electrons. The van der Waals surface area contributed by atoms with Gasteiger partial charge in [-0.1, -0.05) is 24.8 Å². The fourth-order valence-corrected chi connectivity index (χ4v) is 5.88. The van der Waals surface area contributed by atoms with Crippen molar-refractivity contribution in [2.24, 2.45) is 7.05 Å². The van der Waals surface area contributed by atoms with Crippen LogP contribution < -0.4 is 0 Å². The van der Waals surface area contributed by atoms with E-state index in [0.717, 1.165) is 28.2 Å². The Morgan fingerprint density at radius 1 is 1.23 bits per heavy atom. The lowest BCUT2D eigenvalue weighted by atomic mass is 10.1. The summed E-state index contributed by atoms with van der Waals surface area (Å²) < 4.78 is 45.0. The lowest BCUT2D eigenvalue weighted by molar-refractivity contribution is 0.386. The minimum Gasteiger partial charge on any atom is -0.301 e. The number of aryl methyl sites for hydroxylation is 1. The van der Waals surface area contributed by atoms with Gasteiger partial charge in [-0.2, -0.15) is 9.40 Å². The molecule has 0 aliphatic carbocycles. The summed E-state index contributed by atoms with van der Waals surface area (Å²) in [5, 5.41) is 14.1. The van der Waals surface area contributed by atoms with Crippen LogP contribution in [-0.4, -0.2) is 49.6 Å². The molecule has 0 spiro atoms. The van der Waals surface area contributed by atoms with E-state index < -0.39 is 15.8 Å². The van der Waals surface area contributed by atoms with Gasteiger partial charge in [-0.15, -0.1) is 10.2 Å². The van der Waals surface area contributed by atoms with Gasteiger partial charge < -0.3 is 4.57 Å². The predicted octanol–water partition coefficient (Wildman–Crippen LogP) is 2.70. The average Bonchev–Trinajstić information content (AvgIpc) is 3.28. The zero-order chi connectivity index (χ0) is 21.5. The van der Waals surface area contributed by atoms with Gasteiger partial charge in [-0.25, -0.2) is 12.8 Å². The summed E-state index contributed by atoms with van der Waals surface area (Å²) in [6.45, 7) is 5.22. The number of aromatic nitrogens is 5. The third-order valence-corrected chi connectivity index (χ3v) is 7.85. The summed E-state index contributed by atoms with van der Waals surface area (Å²) in [6.07, 6.45) is 0.518. The molecule has 0 amide bonds. The fraction of sp³-hybridized carbons (Fsp3) is 0.421. The second-order valence-electron chi connectivity index (χ2n) is 6.93. The zero-order valence-electron chi connectivity index (χ0n) is 17.0. The molecule has 0 N–H and O–H groups in total. The van der Waals surface area contributed by atoms with E-state index in [0.29, 0.717) is 31.0 Å². The molecule has 0 atom stereocenters. The van der Waals surface area contributed by atoms with E-state index in [4.69, 9.17) is 0 Å². The van der Waals surface area contributed by atoms with Crippen LogP contribution in [0, 0.1) is 5.82 Å². The smallest absolute Gasteiger partial charge is 0.243 e. The van der Waals surface area contributed by atoms with Crippen molar-refractivity contribution in [3.63, 3.8) is 0 Å². The number of benzene rings is 1. The molecule has 0 fully saturated rings. The number of fused-ring (bicyclic) bond motifs is 1. The van der Waals surface area contributed by atoms with Crippen LogP contribution in [0.2, 0.25) is 0 Å². The van der Waals surface area contributed by atoms with Crippen molar-refractivity contribution in [1.29, 1.82) is 0 Å². The SMILES string of the molecule is CCSc1nnc(-c2nn(C)c3c2CN(S(=O)(=O)c2cccc(F)c2)CC3)n1CC. The molecule has 1 aliphatic heterocycles. The van der Waals surface area contributed by atoms with Gasteiger partial charge >= 0.3 is 0 Å². The van der Waals surface area contributed by atoms with Crippen molar-refractivity contribution in [3.8, 4) is 11.5 Å². The highest BCUT2D eigenvalue weighted by atomic mass is 32.2. The van der Waals surface area contributed by atoms with Crippen molar-refractivity contribution in [2.45, 2.75) is 43.4 Å². The largest absolute Gasteiger partial charge is 0.301 e. The highest BCUT2D eigenvalue weighted by Gasteiger charge is 2.33. The quantitative estimate of drug-likeness (QED) is 0.537. The van der Waals surface area contributed by atoms with Crippen molar-refractivity contribution >= 4 is 21.8 Å². The van der Waals surface area contributed by atoms with E-state index >= 15 is 0 Å². The third-order valence-electron chi connectivity index (χ3n) is 5.16. The molecule has 0 bridgehead atoms. The summed E-state index contributed by atoms with van der Waals surface area (Å²) in [6, 6.07) is 5.11. The summed E-state index contributed by atoms with van der Waals surface area (Å²) in [5.74, 6) is 0.932. The summed E-state index contributed by atoms with van der Waals surface area (Å²) in [5.41, 5.74) is 2.44. The van der Waals surface area contributed by atoms with Crippen LogP contribution in [0.5, 0.6) is 0 Å². The summed E-state index contributed by atoms with van der Waals surface area (Å²) in [4.78, 5) is -0.0465. The molecule has 1 aliphatic rings. The first-order chi connectivity index (χ1) is 14.4. The molecule has 0 unspecified atom stereocenters. The Kier molecular flexibility index (Phi) is 5.69. The first kappa shape index (κ1) is 21.0. The minimum absolute atomic E-state index is 0.0465. The Morgan fingerprint density at radius 2 is 2.03 bits per heavy atom. The Hall–Kier alpha value is -2.24.